The zero-order valence-electron chi connectivity index (χ0n) is 38.3. The van der Waals surface area contributed by atoms with Gasteiger partial charge in [-0.1, -0.05) is 204 Å². The van der Waals surface area contributed by atoms with Gasteiger partial charge in [-0.05, 0) is 159 Å². The van der Waals surface area contributed by atoms with Crippen LogP contribution in [0.15, 0.2) is 224 Å². The Kier molecular flexibility index (Phi) is 8.67. The highest BCUT2D eigenvalue weighted by Gasteiger charge is 2.40. The van der Waals surface area contributed by atoms with Crippen LogP contribution in [0.25, 0.3) is 88.0 Å². The van der Waals surface area contributed by atoms with Crippen molar-refractivity contribution < 1.29 is 0 Å². The Bertz CT molecular complexity index is 3800. The Balaban J connectivity index is 1.03. The Morgan fingerprint density at radius 1 is 0.269 bits per heavy atom. The third kappa shape index (κ3) is 5.94. The van der Waals surface area contributed by atoms with E-state index in [1.165, 1.54) is 116 Å². The second-order valence-electron chi connectivity index (χ2n) is 19.6. The molecule has 0 aromatic heterocycles. The molecule has 0 amide bonds. The zero-order chi connectivity index (χ0) is 45.0. The quantitative estimate of drug-likeness (QED) is 0.151. The fourth-order valence-electron chi connectivity index (χ4n) is 12.0. The van der Waals surface area contributed by atoms with Crippen LogP contribution in [-0.2, 0) is 10.8 Å². The monoisotopic (exact) mass is 855 g/mol. The second-order valence-corrected chi connectivity index (χ2v) is 19.6. The van der Waals surface area contributed by atoms with Crippen molar-refractivity contribution in [1.29, 1.82) is 0 Å². The van der Waals surface area contributed by atoms with Gasteiger partial charge >= 0.3 is 0 Å². The Hall–Kier alpha value is -8.00. The molecule has 0 bridgehead atoms. The highest BCUT2D eigenvalue weighted by atomic mass is 15.1. The van der Waals surface area contributed by atoms with Gasteiger partial charge in [0.15, 0.2) is 0 Å². The van der Waals surface area contributed by atoms with Crippen LogP contribution in [0, 0.1) is 0 Å². The molecule has 0 aliphatic heterocycles. The van der Waals surface area contributed by atoms with Crippen LogP contribution >= 0.6 is 0 Å². The van der Waals surface area contributed by atoms with Crippen molar-refractivity contribution in [1.82, 2.24) is 0 Å². The van der Waals surface area contributed by atoms with Gasteiger partial charge in [-0.15, -0.1) is 0 Å². The van der Waals surface area contributed by atoms with E-state index in [1.54, 1.807) is 0 Å². The van der Waals surface area contributed by atoms with Gasteiger partial charge in [0, 0.05) is 22.2 Å². The lowest BCUT2D eigenvalue weighted by Gasteiger charge is -2.33. The molecule has 0 N–H and O–H groups in total. The van der Waals surface area contributed by atoms with Gasteiger partial charge in [0.1, 0.15) is 0 Å². The first-order valence-electron chi connectivity index (χ1n) is 23.7. The molecule has 0 heterocycles. The number of anilines is 3. The number of benzene rings is 11. The van der Waals surface area contributed by atoms with Crippen molar-refractivity contribution in [3.8, 4) is 55.6 Å². The molecule has 13 rings (SSSR count). The summed E-state index contributed by atoms with van der Waals surface area (Å²) in [5.41, 5.74) is 21.2. The molecule has 67 heavy (non-hydrogen) atoms. The van der Waals surface area contributed by atoms with Crippen LogP contribution in [0.5, 0.6) is 0 Å². The summed E-state index contributed by atoms with van der Waals surface area (Å²) in [7, 11) is 0. The number of fused-ring (bicyclic) bond motifs is 12. The molecule has 2 aliphatic rings. The van der Waals surface area contributed by atoms with E-state index >= 15 is 0 Å². The lowest BCUT2D eigenvalue weighted by molar-refractivity contribution is 0.658. The molecule has 0 saturated heterocycles. The summed E-state index contributed by atoms with van der Waals surface area (Å²) in [6.45, 7) is 9.55. The van der Waals surface area contributed by atoms with E-state index in [0.29, 0.717) is 0 Å². The van der Waals surface area contributed by atoms with Crippen LogP contribution < -0.4 is 4.90 Å². The van der Waals surface area contributed by atoms with E-state index in [4.69, 9.17) is 0 Å². The summed E-state index contributed by atoms with van der Waals surface area (Å²) in [6.07, 6.45) is 0. The summed E-state index contributed by atoms with van der Waals surface area (Å²) in [5.74, 6) is 0. The standard InChI is InChI=1S/C66H49N/c1-65(2)60-29-14-12-26-52(60)54-37-36-47(39-62(54)65)67(63-31-17-28-55-53-27-13-15-30-61(53)66(3,4)64(55)63)46-34-32-43(33-35-46)56-40-58-50-24-10-8-22-48(50)49-23-9-11-25-51(49)59(58)41-57(56)45-21-16-20-44(38-45)42-18-6-5-7-19-42/h5-41H,1-4H3. The highest BCUT2D eigenvalue weighted by Crippen LogP contribution is 2.56. The molecule has 1 nitrogen and oxygen atoms in total. The lowest BCUT2D eigenvalue weighted by Crippen LogP contribution is -2.21. The molecule has 0 unspecified atom stereocenters. The summed E-state index contributed by atoms with van der Waals surface area (Å²) < 4.78 is 0. The van der Waals surface area contributed by atoms with Crippen LogP contribution in [-0.4, -0.2) is 0 Å². The van der Waals surface area contributed by atoms with Crippen molar-refractivity contribution in [2.75, 3.05) is 4.90 Å². The Morgan fingerprint density at radius 3 is 1.42 bits per heavy atom. The maximum Gasteiger partial charge on any atom is 0.0508 e. The number of nitrogens with zero attached hydrogens (tertiary/aromatic N) is 1. The predicted octanol–water partition coefficient (Wildman–Crippen LogP) is 18.2. The molecular weight excluding hydrogens is 807 g/mol. The van der Waals surface area contributed by atoms with Crippen molar-refractivity contribution in [3.63, 3.8) is 0 Å². The molecule has 0 atom stereocenters. The molecule has 318 valence electrons. The van der Waals surface area contributed by atoms with E-state index in [-0.39, 0.29) is 10.8 Å². The Morgan fingerprint density at radius 2 is 0.746 bits per heavy atom. The van der Waals surface area contributed by atoms with Crippen LogP contribution in [0.1, 0.15) is 49.9 Å². The number of hydrogen-bond donors (Lipinski definition) is 0. The maximum atomic E-state index is 2.53. The minimum atomic E-state index is -0.200. The van der Waals surface area contributed by atoms with Gasteiger partial charge in [-0.3, -0.25) is 0 Å². The fourth-order valence-corrected chi connectivity index (χ4v) is 12.0. The zero-order valence-corrected chi connectivity index (χ0v) is 38.3. The molecule has 1 heteroatoms. The maximum absolute atomic E-state index is 2.53. The second kappa shape index (κ2) is 14.8. The third-order valence-electron chi connectivity index (χ3n) is 15.2. The van der Waals surface area contributed by atoms with Gasteiger partial charge in [-0.25, -0.2) is 0 Å². The van der Waals surface area contributed by atoms with E-state index < -0.39 is 0 Å². The van der Waals surface area contributed by atoms with E-state index in [9.17, 15) is 0 Å². The average Bonchev–Trinajstić information content (AvgIpc) is 3.76. The van der Waals surface area contributed by atoms with E-state index in [0.717, 1.165) is 11.4 Å². The average molecular weight is 856 g/mol. The number of rotatable bonds is 6. The molecule has 0 saturated carbocycles. The van der Waals surface area contributed by atoms with Gasteiger partial charge < -0.3 is 4.90 Å². The molecular formula is C66H49N. The van der Waals surface area contributed by atoms with Gasteiger partial charge in [0.25, 0.3) is 0 Å². The van der Waals surface area contributed by atoms with Crippen molar-refractivity contribution in [2.45, 2.75) is 38.5 Å². The third-order valence-corrected chi connectivity index (χ3v) is 15.2. The first-order chi connectivity index (χ1) is 32.8. The minimum absolute atomic E-state index is 0.134. The highest BCUT2D eigenvalue weighted by molar-refractivity contribution is 6.26. The van der Waals surface area contributed by atoms with Crippen molar-refractivity contribution in [2.24, 2.45) is 0 Å². The summed E-state index contributed by atoms with van der Waals surface area (Å²) in [5, 5.41) is 7.64. The molecule has 0 fully saturated rings. The van der Waals surface area contributed by atoms with Gasteiger partial charge in [-0.2, -0.15) is 0 Å². The molecule has 2 aliphatic carbocycles. The van der Waals surface area contributed by atoms with Gasteiger partial charge in [0.2, 0.25) is 0 Å². The minimum Gasteiger partial charge on any atom is -0.310 e. The largest absolute Gasteiger partial charge is 0.310 e. The van der Waals surface area contributed by atoms with Gasteiger partial charge in [0.05, 0.1) is 5.69 Å². The van der Waals surface area contributed by atoms with Crippen LogP contribution in [0.4, 0.5) is 17.1 Å². The van der Waals surface area contributed by atoms with Crippen LogP contribution in [0.3, 0.4) is 0 Å². The topological polar surface area (TPSA) is 3.24 Å². The molecule has 0 radical (unpaired) electrons. The fraction of sp³-hybridized carbons (Fsp3) is 0.0909. The molecule has 0 spiro atoms. The Labute approximate surface area is 393 Å². The SMILES string of the molecule is CC1(C)c2ccccc2-c2ccc(N(c3ccc(-c4cc5c6ccccc6c6ccccc6c5cc4-c4cccc(-c5ccccc5)c4)cc3)c3cccc4c3C(C)(C)c3ccccc3-4)cc21. The predicted molar refractivity (Wildman–Crippen MR) is 285 cm³/mol. The summed E-state index contributed by atoms with van der Waals surface area (Å²) in [4.78, 5) is 2.53. The first kappa shape index (κ1) is 39.4. The van der Waals surface area contributed by atoms with E-state index in [2.05, 4.69) is 257 Å². The molecule has 11 aromatic rings. The molecule has 11 aromatic carbocycles. The summed E-state index contributed by atoms with van der Waals surface area (Å²) >= 11 is 0. The first-order valence-corrected chi connectivity index (χ1v) is 23.7. The lowest BCUT2D eigenvalue weighted by atomic mass is 9.81. The number of hydrogen-bond acceptors (Lipinski definition) is 1. The normalized spacial score (nSPS) is 13.9. The summed E-state index contributed by atoms with van der Waals surface area (Å²) in [6, 6.07) is 83.9. The smallest absolute Gasteiger partial charge is 0.0508 e. The van der Waals surface area contributed by atoms with E-state index in [1.807, 2.05) is 0 Å². The van der Waals surface area contributed by atoms with Crippen molar-refractivity contribution >= 4 is 49.4 Å². The van der Waals surface area contributed by atoms with Crippen LogP contribution in [0.2, 0.25) is 0 Å². The van der Waals surface area contributed by atoms with Crippen molar-refractivity contribution in [3.05, 3.63) is 247 Å².